The molecule has 0 unspecified atom stereocenters. The smallest absolute Gasteiger partial charge is 0.324 e. The maximum atomic E-state index is 13.9. The fraction of sp³-hybridized carbons (Fsp3) is 0.263. The monoisotopic (exact) mass is 443 g/mol. The van der Waals surface area contributed by atoms with Crippen LogP contribution in [0, 0.1) is 17.1 Å². The number of carbonyl (C=O) groups is 1. The highest BCUT2D eigenvalue weighted by atomic mass is 32.2. The van der Waals surface area contributed by atoms with Gasteiger partial charge in [-0.15, -0.1) is 0 Å². The van der Waals surface area contributed by atoms with E-state index < -0.39 is 51.5 Å². The van der Waals surface area contributed by atoms with Crippen molar-refractivity contribution >= 4 is 21.6 Å². The average Bonchev–Trinajstić information content (AvgIpc) is 2.67. The van der Waals surface area contributed by atoms with Gasteiger partial charge in [-0.2, -0.15) is 22.7 Å². The van der Waals surface area contributed by atoms with Crippen LogP contribution in [0.25, 0.3) is 0 Å². The van der Waals surface area contributed by atoms with Crippen LogP contribution in [-0.2, 0) is 26.7 Å². The molecule has 0 aliphatic rings. The molecule has 30 heavy (non-hydrogen) atoms. The molecule has 0 bridgehead atoms. The van der Waals surface area contributed by atoms with Gasteiger partial charge >= 0.3 is 6.18 Å². The zero-order chi connectivity index (χ0) is 22.5. The van der Waals surface area contributed by atoms with E-state index in [1.165, 1.54) is 19.1 Å². The number of nitriles is 1. The Balaban J connectivity index is 2.19. The standard InChI is InChI=1S/C19H17F4N3O3S/c1-2-26(30(28,29)12-14-9-13(10-24)7-8-16(14)20)11-18(27)25-17-6-4-3-5-15(17)19(21,22)23/h3-9H,2,11-12H2,1H3,(H,25,27). The van der Waals surface area contributed by atoms with Crippen molar-refractivity contribution in [1.82, 2.24) is 4.31 Å². The summed E-state index contributed by atoms with van der Waals surface area (Å²) in [6.07, 6.45) is -4.70. The summed E-state index contributed by atoms with van der Waals surface area (Å²) in [6, 6.07) is 9.29. The van der Waals surface area contributed by atoms with Crippen LogP contribution < -0.4 is 5.32 Å². The van der Waals surface area contributed by atoms with E-state index in [1.54, 1.807) is 6.07 Å². The van der Waals surface area contributed by atoms with Crippen LogP contribution in [0.15, 0.2) is 42.5 Å². The molecule has 0 atom stereocenters. The topological polar surface area (TPSA) is 90.3 Å². The number of nitrogens with zero attached hydrogens (tertiary/aromatic N) is 2. The highest BCUT2D eigenvalue weighted by Gasteiger charge is 2.34. The normalized spacial score (nSPS) is 11.9. The number of sulfonamides is 1. The molecule has 0 radical (unpaired) electrons. The number of nitrogens with one attached hydrogen (secondary N) is 1. The molecule has 0 fully saturated rings. The molecule has 0 heterocycles. The summed E-state index contributed by atoms with van der Waals surface area (Å²) in [5.41, 5.74) is -1.77. The summed E-state index contributed by atoms with van der Waals surface area (Å²) >= 11 is 0. The van der Waals surface area contributed by atoms with E-state index in [0.717, 1.165) is 34.6 Å². The van der Waals surface area contributed by atoms with Gasteiger partial charge in [0.1, 0.15) is 5.82 Å². The third kappa shape index (κ3) is 5.77. The Bertz CT molecular complexity index is 1080. The van der Waals surface area contributed by atoms with Gasteiger partial charge in [-0.3, -0.25) is 4.79 Å². The van der Waals surface area contributed by atoms with Crippen LogP contribution in [0.3, 0.4) is 0 Å². The summed E-state index contributed by atoms with van der Waals surface area (Å²) < 4.78 is 79.0. The lowest BCUT2D eigenvalue weighted by molar-refractivity contribution is -0.137. The number of para-hydroxylation sites is 1. The Morgan fingerprint density at radius 1 is 1.20 bits per heavy atom. The van der Waals surface area contributed by atoms with Crippen LogP contribution in [0.1, 0.15) is 23.6 Å². The van der Waals surface area contributed by atoms with Gasteiger partial charge in [-0.25, -0.2) is 12.8 Å². The Morgan fingerprint density at radius 2 is 1.87 bits per heavy atom. The zero-order valence-corrected chi connectivity index (χ0v) is 16.5. The first-order valence-corrected chi connectivity index (χ1v) is 10.2. The number of amides is 1. The quantitative estimate of drug-likeness (QED) is 0.664. The lowest BCUT2D eigenvalue weighted by Gasteiger charge is -2.21. The molecule has 0 aromatic heterocycles. The summed E-state index contributed by atoms with van der Waals surface area (Å²) in [5, 5.41) is 10.9. The van der Waals surface area contributed by atoms with Crippen molar-refractivity contribution in [2.45, 2.75) is 18.9 Å². The number of hydrogen-bond acceptors (Lipinski definition) is 4. The fourth-order valence-corrected chi connectivity index (χ4v) is 4.14. The van der Waals surface area contributed by atoms with E-state index in [9.17, 15) is 30.8 Å². The molecule has 2 rings (SSSR count). The number of hydrogen-bond donors (Lipinski definition) is 1. The van der Waals surface area contributed by atoms with Crippen LogP contribution in [0.4, 0.5) is 23.2 Å². The molecule has 0 aliphatic carbocycles. The second-order valence-corrected chi connectivity index (χ2v) is 8.16. The van der Waals surface area contributed by atoms with Crippen molar-refractivity contribution in [3.05, 3.63) is 65.0 Å². The molecule has 0 spiro atoms. The lowest BCUT2D eigenvalue weighted by atomic mass is 10.1. The summed E-state index contributed by atoms with van der Waals surface area (Å²) in [7, 11) is -4.20. The minimum absolute atomic E-state index is 0.0612. The van der Waals surface area contributed by atoms with Gasteiger partial charge in [-0.1, -0.05) is 19.1 Å². The van der Waals surface area contributed by atoms with Gasteiger partial charge in [0.15, 0.2) is 0 Å². The lowest BCUT2D eigenvalue weighted by Crippen LogP contribution is -2.38. The fourth-order valence-electron chi connectivity index (χ4n) is 2.64. The van der Waals surface area contributed by atoms with E-state index in [2.05, 4.69) is 5.32 Å². The largest absolute Gasteiger partial charge is 0.418 e. The molecular formula is C19H17F4N3O3S. The molecule has 1 amide bonds. The highest BCUT2D eigenvalue weighted by molar-refractivity contribution is 7.88. The molecule has 2 aromatic rings. The van der Waals surface area contributed by atoms with Crippen molar-refractivity contribution in [3.63, 3.8) is 0 Å². The first-order valence-electron chi connectivity index (χ1n) is 8.60. The molecule has 0 aliphatic heterocycles. The molecule has 2 aromatic carbocycles. The molecule has 11 heteroatoms. The van der Waals surface area contributed by atoms with Crippen LogP contribution >= 0.6 is 0 Å². The van der Waals surface area contributed by atoms with Gasteiger partial charge in [0, 0.05) is 12.1 Å². The molecule has 0 saturated heterocycles. The van der Waals surface area contributed by atoms with Crippen molar-refractivity contribution in [1.29, 1.82) is 5.26 Å². The van der Waals surface area contributed by atoms with Crippen molar-refractivity contribution in [2.24, 2.45) is 0 Å². The van der Waals surface area contributed by atoms with Crippen molar-refractivity contribution in [3.8, 4) is 6.07 Å². The van der Waals surface area contributed by atoms with Gasteiger partial charge in [0.25, 0.3) is 0 Å². The minimum Gasteiger partial charge on any atom is -0.324 e. The van der Waals surface area contributed by atoms with E-state index >= 15 is 0 Å². The van der Waals surface area contributed by atoms with E-state index in [1.807, 2.05) is 0 Å². The Labute approximate surface area is 170 Å². The second kappa shape index (κ2) is 9.23. The summed E-state index contributed by atoms with van der Waals surface area (Å²) in [4.78, 5) is 12.2. The minimum atomic E-state index is -4.70. The number of carbonyl (C=O) groups excluding carboxylic acids is 1. The molecular weight excluding hydrogens is 426 g/mol. The van der Waals surface area contributed by atoms with Crippen molar-refractivity contribution < 1.29 is 30.8 Å². The van der Waals surface area contributed by atoms with Gasteiger partial charge < -0.3 is 5.32 Å². The Hall–Kier alpha value is -2.97. The number of halogens is 4. The average molecular weight is 443 g/mol. The number of anilines is 1. The summed E-state index contributed by atoms with van der Waals surface area (Å²) in [6.45, 7) is 0.497. The Kier molecular flexibility index (Phi) is 7.17. The number of likely N-dealkylation sites (N-methyl/N-ethyl adjacent to an activating group) is 1. The molecule has 6 nitrogen and oxygen atoms in total. The first kappa shape index (κ1) is 23.3. The highest BCUT2D eigenvalue weighted by Crippen LogP contribution is 2.34. The van der Waals surface area contributed by atoms with E-state index in [-0.39, 0.29) is 17.7 Å². The van der Waals surface area contributed by atoms with Gasteiger partial charge in [0.05, 0.1) is 35.2 Å². The Morgan fingerprint density at radius 3 is 2.47 bits per heavy atom. The second-order valence-electron chi connectivity index (χ2n) is 6.19. The maximum absolute atomic E-state index is 13.9. The van der Waals surface area contributed by atoms with E-state index in [0.29, 0.717) is 0 Å². The number of benzene rings is 2. The number of alkyl halides is 3. The van der Waals surface area contributed by atoms with Gasteiger partial charge in [0.2, 0.25) is 15.9 Å². The van der Waals surface area contributed by atoms with Crippen molar-refractivity contribution in [2.75, 3.05) is 18.4 Å². The van der Waals surface area contributed by atoms with Gasteiger partial charge in [-0.05, 0) is 30.3 Å². The SMILES string of the molecule is CCN(CC(=O)Nc1ccccc1C(F)(F)F)S(=O)(=O)Cc1cc(C#N)ccc1F. The third-order valence-corrected chi connectivity index (χ3v) is 5.94. The maximum Gasteiger partial charge on any atom is 0.418 e. The van der Waals surface area contributed by atoms with E-state index in [4.69, 9.17) is 5.26 Å². The van der Waals surface area contributed by atoms with Crippen LogP contribution in [-0.4, -0.2) is 31.7 Å². The predicted molar refractivity (Wildman–Crippen MR) is 101 cm³/mol. The third-order valence-electron chi connectivity index (χ3n) is 4.09. The summed E-state index contributed by atoms with van der Waals surface area (Å²) in [5.74, 6) is -2.63. The molecule has 1 N–H and O–H groups in total. The molecule has 0 saturated carbocycles. The number of rotatable bonds is 7. The molecule has 160 valence electrons. The predicted octanol–water partition coefficient (Wildman–Crippen LogP) is 3.51. The first-order chi connectivity index (χ1) is 14.0. The zero-order valence-electron chi connectivity index (χ0n) is 15.7. The van der Waals surface area contributed by atoms with Crippen LogP contribution in [0.2, 0.25) is 0 Å². The van der Waals surface area contributed by atoms with Crippen LogP contribution in [0.5, 0.6) is 0 Å².